The fourth-order valence-corrected chi connectivity index (χ4v) is 2.46. The van der Waals surface area contributed by atoms with E-state index in [1.807, 2.05) is 18.3 Å². The van der Waals surface area contributed by atoms with Crippen molar-refractivity contribution in [2.45, 2.75) is 13.3 Å². The van der Waals surface area contributed by atoms with Crippen LogP contribution in [-0.2, 0) is 6.42 Å². The number of aromatic nitrogens is 3. The number of pyridine rings is 1. The molecule has 0 amide bonds. The van der Waals surface area contributed by atoms with Gasteiger partial charge in [0.05, 0.1) is 0 Å². The second kappa shape index (κ2) is 5.63. The number of anilines is 1. The third-order valence-electron chi connectivity index (χ3n) is 3.23. The molecule has 0 spiro atoms. The lowest BCUT2D eigenvalue weighted by Gasteiger charge is -2.05. The van der Waals surface area contributed by atoms with E-state index in [0.717, 1.165) is 23.1 Å². The second-order valence-corrected chi connectivity index (χ2v) is 5.60. The quantitative estimate of drug-likeness (QED) is 0.796. The molecule has 4 nitrogen and oxygen atoms in total. The molecule has 0 unspecified atom stereocenters. The minimum atomic E-state index is 0.664. The van der Waals surface area contributed by atoms with E-state index in [4.69, 9.17) is 0 Å². The number of hydrogen-bond donors (Lipinski definition) is 1. The molecule has 1 aromatic carbocycles. The van der Waals surface area contributed by atoms with Gasteiger partial charge in [-0.25, -0.2) is 4.52 Å². The Morgan fingerprint density at radius 3 is 2.90 bits per heavy atom. The molecule has 0 aliphatic rings. The summed E-state index contributed by atoms with van der Waals surface area (Å²) in [6, 6.07) is 12.3. The van der Waals surface area contributed by atoms with Crippen LogP contribution in [0.15, 0.2) is 47.1 Å². The first-order chi connectivity index (χ1) is 9.72. The van der Waals surface area contributed by atoms with Gasteiger partial charge in [0.2, 0.25) is 5.95 Å². The van der Waals surface area contributed by atoms with Gasteiger partial charge >= 0.3 is 0 Å². The number of fused-ring (bicyclic) bond motifs is 1. The van der Waals surface area contributed by atoms with E-state index < -0.39 is 0 Å². The molecule has 0 aliphatic heterocycles. The highest BCUT2D eigenvalue weighted by Crippen LogP contribution is 2.12. The topological polar surface area (TPSA) is 42.2 Å². The van der Waals surface area contributed by atoms with Crippen molar-refractivity contribution in [3.8, 4) is 0 Å². The monoisotopic (exact) mass is 330 g/mol. The number of benzene rings is 1. The molecule has 0 saturated carbocycles. The van der Waals surface area contributed by atoms with Crippen LogP contribution < -0.4 is 5.32 Å². The van der Waals surface area contributed by atoms with Crippen LogP contribution in [0.25, 0.3) is 5.65 Å². The Morgan fingerprint density at radius 1 is 1.20 bits per heavy atom. The highest BCUT2D eigenvalue weighted by Gasteiger charge is 2.03. The summed E-state index contributed by atoms with van der Waals surface area (Å²) in [5.74, 6) is 0.664. The zero-order valence-corrected chi connectivity index (χ0v) is 12.8. The van der Waals surface area contributed by atoms with Gasteiger partial charge in [0.25, 0.3) is 0 Å². The third-order valence-corrected chi connectivity index (χ3v) is 3.70. The van der Waals surface area contributed by atoms with Gasteiger partial charge < -0.3 is 5.32 Å². The molecule has 102 valence electrons. The van der Waals surface area contributed by atoms with Crippen LogP contribution in [0, 0.1) is 6.92 Å². The van der Waals surface area contributed by atoms with Crippen molar-refractivity contribution in [3.05, 3.63) is 58.2 Å². The predicted molar refractivity (Wildman–Crippen MR) is 84.1 cm³/mol. The molecule has 3 rings (SSSR count). The second-order valence-electron chi connectivity index (χ2n) is 4.69. The first-order valence-corrected chi connectivity index (χ1v) is 7.32. The summed E-state index contributed by atoms with van der Waals surface area (Å²) in [5, 5.41) is 7.66. The van der Waals surface area contributed by atoms with E-state index in [9.17, 15) is 0 Å². The number of halogens is 1. The van der Waals surface area contributed by atoms with E-state index in [-0.39, 0.29) is 0 Å². The molecule has 5 heteroatoms. The Hall–Kier alpha value is -1.88. The largest absolute Gasteiger partial charge is 0.353 e. The van der Waals surface area contributed by atoms with Gasteiger partial charge in [-0.15, -0.1) is 5.10 Å². The fourth-order valence-electron chi connectivity index (χ4n) is 2.13. The van der Waals surface area contributed by atoms with Gasteiger partial charge in [0.1, 0.15) is 0 Å². The molecule has 0 saturated heterocycles. The maximum absolute atomic E-state index is 4.43. The predicted octanol–water partition coefficient (Wildman–Crippen LogP) is 3.45. The molecular formula is C15H15BrN4. The van der Waals surface area contributed by atoms with Gasteiger partial charge in [-0.05, 0) is 52.5 Å². The first-order valence-electron chi connectivity index (χ1n) is 6.53. The third kappa shape index (κ3) is 2.82. The Kier molecular flexibility index (Phi) is 3.69. The van der Waals surface area contributed by atoms with Crippen molar-refractivity contribution in [2.75, 3.05) is 11.9 Å². The number of rotatable bonds is 4. The Morgan fingerprint density at radius 2 is 2.05 bits per heavy atom. The Labute approximate surface area is 126 Å². The molecular weight excluding hydrogens is 316 g/mol. The first kappa shape index (κ1) is 13.1. The highest BCUT2D eigenvalue weighted by molar-refractivity contribution is 9.10. The van der Waals surface area contributed by atoms with Crippen LogP contribution in [0.4, 0.5) is 5.95 Å². The lowest BCUT2D eigenvalue weighted by atomic mass is 10.1. The van der Waals surface area contributed by atoms with Gasteiger partial charge in [-0.3, -0.25) is 0 Å². The minimum absolute atomic E-state index is 0.664. The van der Waals surface area contributed by atoms with Crippen molar-refractivity contribution >= 4 is 27.5 Å². The Bertz CT molecular complexity index is 736. The molecule has 1 N–H and O–H groups in total. The van der Waals surface area contributed by atoms with Crippen molar-refractivity contribution in [3.63, 3.8) is 0 Å². The number of nitrogens with zero attached hydrogens (tertiary/aromatic N) is 3. The number of hydrogen-bond acceptors (Lipinski definition) is 3. The Balaban J connectivity index is 1.67. The molecule has 0 radical (unpaired) electrons. The SMILES string of the molecule is Cc1ccccc1CCNc1nc2ccc(Br)cn2n1. The van der Waals surface area contributed by atoms with E-state index in [0.29, 0.717) is 5.95 Å². The van der Waals surface area contributed by atoms with E-state index in [2.05, 4.69) is 62.5 Å². The van der Waals surface area contributed by atoms with E-state index >= 15 is 0 Å². The summed E-state index contributed by atoms with van der Waals surface area (Å²) in [6.07, 6.45) is 2.86. The summed E-state index contributed by atoms with van der Waals surface area (Å²) in [4.78, 5) is 4.43. The highest BCUT2D eigenvalue weighted by atomic mass is 79.9. The molecule has 0 bridgehead atoms. The molecule has 0 atom stereocenters. The van der Waals surface area contributed by atoms with Crippen LogP contribution >= 0.6 is 15.9 Å². The minimum Gasteiger partial charge on any atom is -0.353 e. The maximum atomic E-state index is 4.43. The standard InChI is InChI=1S/C15H15BrN4/c1-11-4-2-3-5-12(11)8-9-17-15-18-14-7-6-13(16)10-20(14)19-15/h2-7,10H,8-9H2,1H3,(H,17,19). The van der Waals surface area contributed by atoms with E-state index in [1.165, 1.54) is 11.1 Å². The molecule has 0 aliphatic carbocycles. The summed E-state index contributed by atoms with van der Waals surface area (Å²) in [7, 11) is 0. The van der Waals surface area contributed by atoms with Crippen molar-refractivity contribution < 1.29 is 0 Å². The lowest BCUT2D eigenvalue weighted by Crippen LogP contribution is -2.07. The molecule has 2 heterocycles. The zero-order valence-electron chi connectivity index (χ0n) is 11.2. The van der Waals surface area contributed by atoms with E-state index in [1.54, 1.807) is 4.52 Å². The van der Waals surface area contributed by atoms with Crippen LogP contribution in [0.2, 0.25) is 0 Å². The molecule has 3 aromatic rings. The van der Waals surface area contributed by atoms with Gasteiger partial charge in [-0.1, -0.05) is 24.3 Å². The van der Waals surface area contributed by atoms with Crippen LogP contribution in [0.3, 0.4) is 0 Å². The molecule has 0 fully saturated rings. The molecule has 2 aromatic heterocycles. The summed E-state index contributed by atoms with van der Waals surface area (Å²) in [5.41, 5.74) is 3.51. The lowest BCUT2D eigenvalue weighted by molar-refractivity contribution is 0.932. The number of nitrogens with one attached hydrogen (secondary N) is 1. The zero-order chi connectivity index (χ0) is 13.9. The maximum Gasteiger partial charge on any atom is 0.243 e. The summed E-state index contributed by atoms with van der Waals surface area (Å²) in [6.45, 7) is 2.96. The fraction of sp³-hybridized carbons (Fsp3) is 0.200. The van der Waals surface area contributed by atoms with Gasteiger partial charge in [0, 0.05) is 17.2 Å². The van der Waals surface area contributed by atoms with Crippen LogP contribution in [0.5, 0.6) is 0 Å². The van der Waals surface area contributed by atoms with Crippen LogP contribution in [0.1, 0.15) is 11.1 Å². The average molecular weight is 331 g/mol. The van der Waals surface area contributed by atoms with Gasteiger partial charge in [-0.2, -0.15) is 4.98 Å². The summed E-state index contributed by atoms with van der Waals surface area (Å²) < 4.78 is 2.75. The molecule has 20 heavy (non-hydrogen) atoms. The van der Waals surface area contributed by atoms with Crippen molar-refractivity contribution in [1.82, 2.24) is 14.6 Å². The van der Waals surface area contributed by atoms with Gasteiger partial charge in [0.15, 0.2) is 5.65 Å². The van der Waals surface area contributed by atoms with Crippen molar-refractivity contribution in [1.29, 1.82) is 0 Å². The normalized spacial score (nSPS) is 10.9. The van der Waals surface area contributed by atoms with Crippen LogP contribution in [-0.4, -0.2) is 21.1 Å². The average Bonchev–Trinajstić information content (AvgIpc) is 2.83. The smallest absolute Gasteiger partial charge is 0.243 e. The number of aryl methyl sites for hydroxylation is 1. The summed E-state index contributed by atoms with van der Waals surface area (Å²) >= 11 is 3.42. The van der Waals surface area contributed by atoms with Crippen molar-refractivity contribution in [2.24, 2.45) is 0 Å².